The van der Waals surface area contributed by atoms with Crippen LogP contribution in [0.5, 0.6) is 0 Å². The number of likely N-dealkylation sites (tertiary alicyclic amines) is 1. The number of amides is 1. The Hall–Kier alpha value is -2.40. The van der Waals surface area contributed by atoms with Crippen molar-refractivity contribution in [3.63, 3.8) is 0 Å². The van der Waals surface area contributed by atoms with Crippen LogP contribution in [0.2, 0.25) is 5.02 Å². The molecule has 4 nitrogen and oxygen atoms in total. The zero-order valence-electron chi connectivity index (χ0n) is 13.5. The average molecular weight is 358 g/mol. The number of para-hydroxylation sites is 2. The van der Waals surface area contributed by atoms with Gasteiger partial charge in [0, 0.05) is 24.0 Å². The number of benzene rings is 2. The lowest BCUT2D eigenvalue weighted by atomic mass is 9.96. The summed E-state index contributed by atoms with van der Waals surface area (Å²) in [5.74, 6) is 0.133. The number of hydrogen-bond donors (Lipinski definition) is 1. The third-order valence-electron chi connectivity index (χ3n) is 4.66. The predicted molar refractivity (Wildman–Crippen MR) is 95.4 cm³/mol. The van der Waals surface area contributed by atoms with E-state index < -0.39 is 5.82 Å². The van der Waals surface area contributed by atoms with E-state index in [0.717, 1.165) is 29.7 Å². The van der Waals surface area contributed by atoms with E-state index in [2.05, 4.69) is 9.97 Å². The highest BCUT2D eigenvalue weighted by Crippen LogP contribution is 2.28. The second kappa shape index (κ2) is 6.48. The number of aromatic amines is 1. The van der Waals surface area contributed by atoms with E-state index in [9.17, 15) is 9.18 Å². The fraction of sp³-hybridized carbons (Fsp3) is 0.263. The second-order valence-electron chi connectivity index (χ2n) is 6.35. The molecule has 0 aliphatic carbocycles. The Labute approximate surface area is 149 Å². The minimum Gasteiger partial charge on any atom is -0.342 e. The first-order valence-electron chi connectivity index (χ1n) is 8.31. The summed E-state index contributed by atoms with van der Waals surface area (Å²) in [6.07, 6.45) is 1.81. The van der Waals surface area contributed by atoms with Crippen LogP contribution in [0.15, 0.2) is 42.5 Å². The molecule has 3 aromatic rings. The molecule has 0 saturated carbocycles. The summed E-state index contributed by atoms with van der Waals surface area (Å²) in [4.78, 5) is 22.4. The standard InChI is InChI=1S/C19H17ClFN3O/c20-13-7-8-14(15(21)10-13)19(25)24-9-3-4-12(11-24)18-22-16-5-1-2-6-17(16)23-18/h1-2,5-8,10,12H,3-4,9,11H2,(H,22,23)/t12-/m0/s1. The normalized spacial score (nSPS) is 17.8. The van der Waals surface area contributed by atoms with Gasteiger partial charge < -0.3 is 9.88 Å². The number of imidazole rings is 1. The van der Waals surface area contributed by atoms with Crippen LogP contribution < -0.4 is 0 Å². The summed E-state index contributed by atoms with van der Waals surface area (Å²) >= 11 is 5.77. The highest BCUT2D eigenvalue weighted by Gasteiger charge is 2.28. The van der Waals surface area contributed by atoms with Crippen LogP contribution in [-0.2, 0) is 0 Å². The molecule has 6 heteroatoms. The maximum Gasteiger partial charge on any atom is 0.256 e. The molecule has 1 N–H and O–H groups in total. The summed E-state index contributed by atoms with van der Waals surface area (Å²) < 4.78 is 14.1. The number of nitrogens with zero attached hydrogens (tertiary/aromatic N) is 2. The van der Waals surface area contributed by atoms with E-state index in [1.807, 2.05) is 24.3 Å². The fourth-order valence-electron chi connectivity index (χ4n) is 3.38. The fourth-order valence-corrected chi connectivity index (χ4v) is 3.54. The van der Waals surface area contributed by atoms with Gasteiger partial charge >= 0.3 is 0 Å². The van der Waals surface area contributed by atoms with Gasteiger partial charge in [-0.25, -0.2) is 9.37 Å². The van der Waals surface area contributed by atoms with Crippen molar-refractivity contribution in [2.75, 3.05) is 13.1 Å². The van der Waals surface area contributed by atoms with Crippen LogP contribution in [0, 0.1) is 5.82 Å². The van der Waals surface area contributed by atoms with Crippen molar-refractivity contribution in [3.05, 3.63) is 64.7 Å². The third kappa shape index (κ3) is 3.12. The van der Waals surface area contributed by atoms with E-state index >= 15 is 0 Å². The number of halogens is 2. The summed E-state index contributed by atoms with van der Waals surface area (Å²) in [7, 11) is 0. The van der Waals surface area contributed by atoms with Gasteiger partial charge in [0.05, 0.1) is 16.6 Å². The van der Waals surface area contributed by atoms with E-state index in [1.54, 1.807) is 11.0 Å². The smallest absolute Gasteiger partial charge is 0.256 e. The van der Waals surface area contributed by atoms with Crippen molar-refractivity contribution in [2.24, 2.45) is 0 Å². The minimum absolute atomic E-state index is 0.0645. The Morgan fingerprint density at radius 2 is 2.12 bits per heavy atom. The molecule has 1 aliphatic rings. The molecule has 1 saturated heterocycles. The van der Waals surface area contributed by atoms with Crippen molar-refractivity contribution >= 4 is 28.5 Å². The summed E-state index contributed by atoms with van der Waals surface area (Å²) in [6, 6.07) is 12.0. The number of aromatic nitrogens is 2. The minimum atomic E-state index is -0.580. The SMILES string of the molecule is O=C(c1ccc(Cl)cc1F)N1CCC[C@H](c2nc3ccccc3[nH]2)C1. The van der Waals surface area contributed by atoms with Gasteiger partial charge in [-0.15, -0.1) is 0 Å². The number of hydrogen-bond acceptors (Lipinski definition) is 2. The Morgan fingerprint density at radius 3 is 2.92 bits per heavy atom. The van der Waals surface area contributed by atoms with Crippen molar-refractivity contribution in [1.82, 2.24) is 14.9 Å². The molecule has 0 radical (unpaired) electrons. The van der Waals surface area contributed by atoms with Gasteiger partial charge in [-0.1, -0.05) is 23.7 Å². The molecular weight excluding hydrogens is 341 g/mol. The summed E-state index contributed by atoms with van der Waals surface area (Å²) in [6.45, 7) is 1.15. The van der Waals surface area contributed by atoms with E-state index in [1.165, 1.54) is 12.1 Å². The quantitative estimate of drug-likeness (QED) is 0.740. The summed E-state index contributed by atoms with van der Waals surface area (Å²) in [5.41, 5.74) is 1.98. The van der Waals surface area contributed by atoms with Gasteiger partial charge in [0.25, 0.3) is 5.91 Å². The number of piperidine rings is 1. The predicted octanol–water partition coefficient (Wildman–Crippen LogP) is 4.38. The van der Waals surface area contributed by atoms with Crippen molar-refractivity contribution in [1.29, 1.82) is 0 Å². The molecule has 128 valence electrons. The maximum atomic E-state index is 14.1. The summed E-state index contributed by atoms with van der Waals surface area (Å²) in [5, 5.41) is 0.285. The first-order chi connectivity index (χ1) is 12.1. The molecule has 1 fully saturated rings. The van der Waals surface area contributed by atoms with E-state index in [0.29, 0.717) is 13.1 Å². The lowest BCUT2D eigenvalue weighted by molar-refractivity contribution is 0.0700. The molecule has 0 bridgehead atoms. The van der Waals surface area contributed by atoms with Crippen LogP contribution in [-0.4, -0.2) is 33.9 Å². The van der Waals surface area contributed by atoms with Gasteiger partial charge in [0.15, 0.2) is 0 Å². The van der Waals surface area contributed by atoms with Crippen LogP contribution in [0.1, 0.15) is 34.9 Å². The first-order valence-corrected chi connectivity index (χ1v) is 8.68. The molecule has 1 aromatic heterocycles. The largest absolute Gasteiger partial charge is 0.342 e. The van der Waals surface area contributed by atoms with Crippen molar-refractivity contribution in [2.45, 2.75) is 18.8 Å². The number of nitrogens with one attached hydrogen (secondary N) is 1. The topological polar surface area (TPSA) is 49.0 Å². The van der Waals surface area contributed by atoms with Crippen LogP contribution in [0.25, 0.3) is 11.0 Å². The van der Waals surface area contributed by atoms with Gasteiger partial charge in [0.2, 0.25) is 0 Å². The molecule has 1 atom stereocenters. The Kier molecular flexibility index (Phi) is 4.17. The second-order valence-corrected chi connectivity index (χ2v) is 6.79. The van der Waals surface area contributed by atoms with Crippen LogP contribution in [0.3, 0.4) is 0 Å². The molecule has 2 heterocycles. The van der Waals surface area contributed by atoms with Gasteiger partial charge in [-0.2, -0.15) is 0 Å². The highest BCUT2D eigenvalue weighted by molar-refractivity contribution is 6.30. The molecular formula is C19H17ClFN3O. The Balaban J connectivity index is 1.57. The Morgan fingerprint density at radius 1 is 1.28 bits per heavy atom. The number of H-pyrrole nitrogens is 1. The maximum absolute atomic E-state index is 14.1. The van der Waals surface area contributed by atoms with E-state index in [4.69, 9.17) is 11.6 Å². The number of carbonyl (C=O) groups is 1. The van der Waals surface area contributed by atoms with E-state index in [-0.39, 0.29) is 22.4 Å². The molecule has 4 rings (SSSR count). The molecule has 0 spiro atoms. The van der Waals surface area contributed by atoms with Gasteiger partial charge in [0.1, 0.15) is 11.6 Å². The molecule has 1 aliphatic heterocycles. The number of rotatable bonds is 2. The lowest BCUT2D eigenvalue weighted by Crippen LogP contribution is -2.39. The monoisotopic (exact) mass is 357 g/mol. The van der Waals surface area contributed by atoms with Crippen molar-refractivity contribution < 1.29 is 9.18 Å². The number of carbonyl (C=O) groups excluding carboxylic acids is 1. The Bertz CT molecular complexity index is 906. The highest BCUT2D eigenvalue weighted by atomic mass is 35.5. The van der Waals surface area contributed by atoms with Crippen LogP contribution in [0.4, 0.5) is 4.39 Å². The number of fused-ring (bicyclic) bond motifs is 1. The average Bonchev–Trinajstić information content (AvgIpc) is 3.05. The van der Waals surface area contributed by atoms with Gasteiger partial charge in [-0.05, 0) is 43.2 Å². The first kappa shape index (κ1) is 16.1. The lowest BCUT2D eigenvalue weighted by Gasteiger charge is -2.32. The zero-order valence-corrected chi connectivity index (χ0v) is 14.3. The van der Waals surface area contributed by atoms with Crippen molar-refractivity contribution in [3.8, 4) is 0 Å². The van der Waals surface area contributed by atoms with Crippen LogP contribution >= 0.6 is 11.6 Å². The molecule has 25 heavy (non-hydrogen) atoms. The third-order valence-corrected chi connectivity index (χ3v) is 4.90. The molecule has 1 amide bonds. The molecule has 0 unspecified atom stereocenters. The van der Waals surface area contributed by atoms with Gasteiger partial charge in [-0.3, -0.25) is 4.79 Å². The molecule has 2 aromatic carbocycles. The zero-order chi connectivity index (χ0) is 17.4.